The molecule has 4 heterocycles. The highest BCUT2D eigenvalue weighted by molar-refractivity contribution is 6.03. The molecule has 0 radical (unpaired) electrons. The molecule has 14 heteroatoms. The summed E-state index contributed by atoms with van der Waals surface area (Å²) >= 11 is 0. The number of hydrogen-bond donors (Lipinski definition) is 1. The van der Waals surface area contributed by atoms with Crippen LogP contribution in [0.25, 0.3) is 0 Å². The van der Waals surface area contributed by atoms with Gasteiger partial charge in [0.05, 0.1) is 29.9 Å². The zero-order chi connectivity index (χ0) is 37.7. The Labute approximate surface area is 311 Å². The predicted octanol–water partition coefficient (Wildman–Crippen LogP) is 7.30. The van der Waals surface area contributed by atoms with Gasteiger partial charge in [-0.2, -0.15) is 0 Å². The van der Waals surface area contributed by atoms with E-state index in [1.165, 1.54) is 25.7 Å². The number of hydrogen-bond acceptors (Lipinski definition) is 12. The Balaban J connectivity index is 0.000000208. The fourth-order valence-electron chi connectivity index (χ4n) is 6.94. The lowest BCUT2D eigenvalue weighted by atomic mass is 9.89. The van der Waals surface area contributed by atoms with Crippen LogP contribution in [0.5, 0.6) is 0 Å². The van der Waals surface area contributed by atoms with Crippen LogP contribution in [0.4, 0.5) is 11.5 Å². The standard InChI is InChI=1S/C22H32N4O3.C17H22N2O5/c1-4-8-18-20(29-22(25-18)16-9-6-5-7-10-16)21(27)24-17-11-12-19(23-15-17)26(2)13-14-28-3;1-2-6-12-15(17(22)24-19-13(20)9-10-14(19)21)23-16(18-12)11-7-4-3-5-8-11/h11-12,15-16H,4-10,13-14H2,1-3H3,(H,24,27);11H,2-10H2,1H3. The molecule has 288 valence electrons. The predicted molar refractivity (Wildman–Crippen MR) is 196 cm³/mol. The van der Waals surface area contributed by atoms with Crippen LogP contribution in [0.2, 0.25) is 0 Å². The first-order valence-corrected chi connectivity index (χ1v) is 19.3. The van der Waals surface area contributed by atoms with Gasteiger partial charge >= 0.3 is 5.97 Å². The van der Waals surface area contributed by atoms with Gasteiger partial charge in [-0.25, -0.2) is 19.7 Å². The van der Waals surface area contributed by atoms with Crippen LogP contribution >= 0.6 is 0 Å². The van der Waals surface area contributed by atoms with Crippen molar-refractivity contribution in [1.82, 2.24) is 20.0 Å². The van der Waals surface area contributed by atoms with Gasteiger partial charge in [0, 0.05) is 45.4 Å². The number of likely N-dealkylation sites (N-methyl/N-ethyl adjacent to an activating group) is 1. The zero-order valence-corrected chi connectivity index (χ0v) is 31.6. The quantitative estimate of drug-likeness (QED) is 0.164. The average Bonchev–Trinajstić information content (AvgIpc) is 3.89. The Hall–Kier alpha value is -4.59. The molecule has 3 aromatic rings. The van der Waals surface area contributed by atoms with E-state index in [0.29, 0.717) is 47.0 Å². The first kappa shape index (κ1) is 39.6. The van der Waals surface area contributed by atoms with Gasteiger partial charge in [0.2, 0.25) is 11.5 Å². The molecule has 2 aliphatic carbocycles. The minimum Gasteiger partial charge on any atom is -0.435 e. The number of pyridine rings is 1. The summed E-state index contributed by atoms with van der Waals surface area (Å²) in [5.41, 5.74) is 1.94. The van der Waals surface area contributed by atoms with Crippen molar-refractivity contribution >= 4 is 35.2 Å². The first-order chi connectivity index (χ1) is 25.7. The normalized spacial score (nSPS) is 16.7. The number of imide groups is 1. The third-order valence-corrected chi connectivity index (χ3v) is 9.91. The van der Waals surface area contributed by atoms with Crippen LogP contribution in [-0.2, 0) is 32.0 Å². The second-order valence-electron chi connectivity index (χ2n) is 14.1. The molecule has 0 bridgehead atoms. The smallest absolute Gasteiger partial charge is 0.401 e. The molecule has 53 heavy (non-hydrogen) atoms. The number of methoxy groups -OCH3 is 1. The maximum Gasteiger partial charge on any atom is 0.401 e. The average molecular weight is 735 g/mol. The number of oxazole rings is 2. The van der Waals surface area contributed by atoms with E-state index in [1.54, 1.807) is 13.3 Å². The summed E-state index contributed by atoms with van der Waals surface area (Å²) in [7, 11) is 3.63. The van der Waals surface area contributed by atoms with Crippen molar-refractivity contribution in [3.63, 3.8) is 0 Å². The van der Waals surface area contributed by atoms with E-state index in [2.05, 4.69) is 22.2 Å². The third-order valence-electron chi connectivity index (χ3n) is 9.91. The van der Waals surface area contributed by atoms with Crippen molar-refractivity contribution in [3.8, 4) is 0 Å². The van der Waals surface area contributed by atoms with Crippen molar-refractivity contribution in [2.75, 3.05) is 37.5 Å². The monoisotopic (exact) mass is 734 g/mol. The highest BCUT2D eigenvalue weighted by Gasteiger charge is 2.35. The molecule has 3 fully saturated rings. The number of ether oxygens (including phenoxy) is 1. The molecule has 1 aliphatic heterocycles. The zero-order valence-electron chi connectivity index (χ0n) is 31.6. The summed E-state index contributed by atoms with van der Waals surface area (Å²) in [4.78, 5) is 69.0. The van der Waals surface area contributed by atoms with Crippen LogP contribution in [0.15, 0.2) is 27.2 Å². The maximum absolute atomic E-state index is 12.9. The van der Waals surface area contributed by atoms with Gasteiger partial charge in [0.15, 0.2) is 11.8 Å². The molecule has 2 saturated carbocycles. The molecule has 3 aliphatic rings. The number of aromatic nitrogens is 3. The summed E-state index contributed by atoms with van der Waals surface area (Å²) in [6.45, 7) is 5.44. The summed E-state index contributed by atoms with van der Waals surface area (Å²) in [5.74, 6) is 0.965. The number of nitrogens with one attached hydrogen (secondary N) is 1. The lowest BCUT2D eigenvalue weighted by Crippen LogP contribution is -2.32. The molecule has 1 N–H and O–H groups in total. The molecule has 1 saturated heterocycles. The molecule has 3 amide bonds. The Morgan fingerprint density at radius 2 is 1.40 bits per heavy atom. The molecule has 0 atom stereocenters. The van der Waals surface area contributed by atoms with E-state index in [9.17, 15) is 19.2 Å². The minimum atomic E-state index is -0.823. The number of nitrogens with zero attached hydrogens (tertiary/aromatic N) is 5. The number of carbonyl (C=O) groups is 4. The largest absolute Gasteiger partial charge is 0.435 e. The molecule has 6 rings (SSSR count). The van der Waals surface area contributed by atoms with Crippen molar-refractivity contribution in [1.29, 1.82) is 0 Å². The second-order valence-corrected chi connectivity index (χ2v) is 14.1. The van der Waals surface area contributed by atoms with Gasteiger partial charge in [0.1, 0.15) is 5.82 Å². The lowest BCUT2D eigenvalue weighted by Gasteiger charge is -2.18. The lowest BCUT2D eigenvalue weighted by molar-refractivity contribution is -0.173. The second kappa shape index (κ2) is 19.5. The van der Waals surface area contributed by atoms with Crippen LogP contribution in [0.3, 0.4) is 0 Å². The minimum absolute atomic E-state index is 0.0184. The van der Waals surface area contributed by atoms with Crippen LogP contribution in [0.1, 0.15) is 160 Å². The fraction of sp³-hybridized carbons (Fsp3) is 0.615. The number of anilines is 2. The highest BCUT2D eigenvalue weighted by Crippen LogP contribution is 2.35. The van der Waals surface area contributed by atoms with Crippen molar-refractivity contribution < 1.29 is 37.6 Å². The number of carbonyl (C=O) groups excluding carboxylic acids is 4. The summed E-state index contributed by atoms with van der Waals surface area (Å²) in [6, 6.07) is 3.73. The van der Waals surface area contributed by atoms with E-state index < -0.39 is 17.8 Å². The van der Waals surface area contributed by atoms with Gasteiger partial charge in [-0.1, -0.05) is 65.2 Å². The van der Waals surface area contributed by atoms with Crippen LogP contribution < -0.4 is 10.2 Å². The van der Waals surface area contributed by atoms with Crippen molar-refractivity contribution in [3.05, 3.63) is 53.0 Å². The SMILES string of the molecule is CCCc1nc(C2CCCCC2)oc1C(=O)Nc1ccc(N(C)CCOC)nc1.CCCc1nc(C2CCCCC2)oc1C(=O)ON1C(=O)CCC1=O. The Morgan fingerprint density at radius 3 is 1.91 bits per heavy atom. The van der Waals surface area contributed by atoms with Gasteiger partial charge in [-0.15, -0.1) is 5.06 Å². The van der Waals surface area contributed by atoms with Gasteiger partial charge in [-0.05, 0) is 50.7 Å². The number of amides is 3. The highest BCUT2D eigenvalue weighted by atomic mass is 16.7. The molecule has 0 spiro atoms. The molecule has 0 unspecified atom stereocenters. The number of hydroxylamine groups is 2. The van der Waals surface area contributed by atoms with E-state index in [1.807, 2.05) is 31.0 Å². The van der Waals surface area contributed by atoms with Gasteiger partial charge < -0.3 is 28.6 Å². The van der Waals surface area contributed by atoms with E-state index >= 15 is 0 Å². The molecule has 3 aromatic heterocycles. The van der Waals surface area contributed by atoms with E-state index in [0.717, 1.165) is 81.7 Å². The van der Waals surface area contributed by atoms with Crippen LogP contribution in [0, 0.1) is 0 Å². The Bertz CT molecular complexity index is 1660. The summed E-state index contributed by atoms with van der Waals surface area (Å²) in [5, 5.41) is 3.45. The van der Waals surface area contributed by atoms with E-state index in [-0.39, 0.29) is 30.4 Å². The first-order valence-electron chi connectivity index (χ1n) is 19.3. The number of rotatable bonds is 14. The van der Waals surface area contributed by atoms with E-state index in [4.69, 9.17) is 23.4 Å². The molecule has 0 aromatic carbocycles. The van der Waals surface area contributed by atoms with Gasteiger partial charge in [-0.3, -0.25) is 14.4 Å². The fourth-order valence-corrected chi connectivity index (χ4v) is 6.94. The number of aryl methyl sites for hydroxylation is 2. The topological polar surface area (TPSA) is 170 Å². The van der Waals surface area contributed by atoms with Crippen molar-refractivity contribution in [2.24, 2.45) is 0 Å². The summed E-state index contributed by atoms with van der Waals surface area (Å²) in [6.07, 6.45) is 16.2. The Morgan fingerprint density at radius 1 is 0.849 bits per heavy atom. The molecular formula is C39H54N6O8. The van der Waals surface area contributed by atoms with Crippen LogP contribution in [-0.4, -0.2) is 71.0 Å². The van der Waals surface area contributed by atoms with Gasteiger partial charge in [0.25, 0.3) is 17.7 Å². The third kappa shape index (κ3) is 10.5. The summed E-state index contributed by atoms with van der Waals surface area (Å²) < 4.78 is 16.8. The Kier molecular flexibility index (Phi) is 14.6. The maximum atomic E-state index is 12.9. The van der Waals surface area contributed by atoms with Crippen molar-refractivity contribution in [2.45, 2.75) is 128 Å². The molecular weight excluding hydrogens is 680 g/mol. The molecule has 14 nitrogen and oxygen atoms in total.